The first kappa shape index (κ1) is 38.9. The zero-order chi connectivity index (χ0) is 43.1. The van der Waals surface area contributed by atoms with Crippen LogP contribution in [0.25, 0.3) is 99.5 Å². The van der Waals surface area contributed by atoms with E-state index < -0.39 is 0 Å². The third kappa shape index (κ3) is 6.12. The lowest BCUT2D eigenvalue weighted by Gasteiger charge is -2.19. The quantitative estimate of drug-likeness (QED) is 0.229. The average Bonchev–Trinajstić information content (AvgIpc) is 3.87. The molecule has 0 saturated carbocycles. The Morgan fingerprint density at radius 3 is 1.40 bits per heavy atom. The molecular weight excluding hydrogens is 752 g/mol. The molecule has 0 aliphatic heterocycles. The van der Waals surface area contributed by atoms with E-state index in [9.17, 15) is 0 Å². The molecule has 2 nitrogen and oxygen atoms in total. The van der Waals surface area contributed by atoms with Crippen LogP contribution in [-0.2, 0) is 0 Å². The van der Waals surface area contributed by atoms with Gasteiger partial charge < -0.3 is 9.13 Å². The molecule has 0 saturated heterocycles. The lowest BCUT2D eigenvalue weighted by Crippen LogP contribution is -2.48. The summed E-state index contributed by atoms with van der Waals surface area (Å²) in [5.41, 5.74) is 26.6. The third-order valence-corrected chi connectivity index (χ3v) is 14.2. The second-order valence-electron chi connectivity index (χ2n) is 17.5. The highest BCUT2D eigenvalue weighted by molar-refractivity contribution is 6.69. The van der Waals surface area contributed by atoms with Crippen LogP contribution in [0, 0.1) is 0 Å². The van der Waals surface area contributed by atoms with Crippen LogP contribution in [-0.4, -0.2) is 64.1 Å². The molecule has 0 bridgehead atoms. The number of hydrogen-bond donors (Lipinski definition) is 0. The van der Waals surface area contributed by atoms with E-state index in [0.717, 1.165) is 5.69 Å². The Morgan fingerprint density at radius 2 is 0.762 bits per heavy atom. The standard InChI is InChI=1S/C54H43B7N2/c55-46-43(47(56)51(60)53-44(46)45-48(57)49(58)50(59)52(61)54(45)63(53)37-23-19-33(20-24-37)30-11-4-1-5-12-30)36-22-26-41-40(28-36)39-25-21-35(32-15-8-3-9-16-32)29-42(39)62(41)38-18-10-17-34(27-38)31-13-6-2-7-14-31/h1-29H,55-61H2. The van der Waals surface area contributed by atoms with Gasteiger partial charge in [0.15, 0.2) is 0 Å². The molecule has 0 radical (unpaired) electrons. The summed E-state index contributed by atoms with van der Waals surface area (Å²) in [6, 6.07) is 64.5. The molecule has 0 spiro atoms. The van der Waals surface area contributed by atoms with Gasteiger partial charge in [0.05, 0.1) is 11.0 Å². The van der Waals surface area contributed by atoms with Crippen LogP contribution >= 0.6 is 0 Å². The van der Waals surface area contributed by atoms with Gasteiger partial charge in [-0.3, -0.25) is 0 Å². The zero-order valence-corrected chi connectivity index (χ0v) is 37.1. The van der Waals surface area contributed by atoms with Gasteiger partial charge in [-0.15, -0.1) is 5.46 Å². The highest BCUT2D eigenvalue weighted by Gasteiger charge is 2.25. The fourth-order valence-corrected chi connectivity index (χ4v) is 10.6. The highest BCUT2D eigenvalue weighted by atomic mass is 15.0. The number of fused-ring (bicyclic) bond motifs is 6. The van der Waals surface area contributed by atoms with Crippen molar-refractivity contribution in [3.8, 4) is 55.9 Å². The van der Waals surface area contributed by atoms with Crippen molar-refractivity contribution in [2.45, 2.75) is 0 Å². The van der Waals surface area contributed by atoms with Crippen molar-refractivity contribution >= 4 is 137 Å². The van der Waals surface area contributed by atoms with Gasteiger partial charge in [-0.25, -0.2) is 0 Å². The smallest absolute Gasteiger partial charge is 0.141 e. The number of nitrogens with zero attached hydrogens (tertiary/aromatic N) is 2. The Bertz CT molecular complexity index is 3620. The number of aromatic nitrogens is 2. The van der Waals surface area contributed by atoms with E-state index in [0.29, 0.717) is 0 Å². The van der Waals surface area contributed by atoms with E-state index in [1.165, 1.54) is 132 Å². The van der Waals surface area contributed by atoms with Crippen molar-refractivity contribution in [2.24, 2.45) is 0 Å². The van der Waals surface area contributed by atoms with Crippen molar-refractivity contribution in [3.05, 3.63) is 176 Å². The number of hydrogen-bond acceptors (Lipinski definition) is 0. The lowest BCUT2D eigenvalue weighted by atomic mass is 9.64. The second-order valence-corrected chi connectivity index (χ2v) is 17.5. The minimum absolute atomic E-state index is 1.15. The summed E-state index contributed by atoms with van der Waals surface area (Å²) in [5.74, 6) is 0. The van der Waals surface area contributed by atoms with Crippen LogP contribution in [0.3, 0.4) is 0 Å². The Labute approximate surface area is 375 Å². The molecule has 0 aliphatic rings. The molecule has 9 aromatic carbocycles. The van der Waals surface area contributed by atoms with E-state index in [4.69, 9.17) is 0 Å². The molecule has 11 rings (SSSR count). The van der Waals surface area contributed by atoms with Crippen molar-refractivity contribution < 1.29 is 0 Å². The molecule has 0 atom stereocenters. The van der Waals surface area contributed by atoms with Crippen LogP contribution < -0.4 is 38.2 Å². The fraction of sp³-hybridized carbons (Fsp3) is 0. The summed E-state index contributed by atoms with van der Waals surface area (Å²) in [5, 5.41) is 5.22. The molecular formula is C54H43B7N2. The molecule has 0 N–H and O–H groups in total. The summed E-state index contributed by atoms with van der Waals surface area (Å²) in [6.45, 7) is 0. The van der Waals surface area contributed by atoms with E-state index in [1.807, 2.05) is 0 Å². The van der Waals surface area contributed by atoms with Gasteiger partial charge in [-0.2, -0.15) is 0 Å². The van der Waals surface area contributed by atoms with Gasteiger partial charge in [0.1, 0.15) is 54.9 Å². The number of rotatable bonds is 6. The minimum atomic E-state index is 1.15. The van der Waals surface area contributed by atoms with Crippen molar-refractivity contribution in [1.29, 1.82) is 0 Å². The zero-order valence-electron chi connectivity index (χ0n) is 37.1. The number of benzene rings is 9. The predicted molar refractivity (Wildman–Crippen MR) is 294 cm³/mol. The largest absolute Gasteiger partial charge is 0.310 e. The van der Waals surface area contributed by atoms with E-state index in [-0.39, 0.29) is 0 Å². The van der Waals surface area contributed by atoms with E-state index in [2.05, 4.69) is 240 Å². The first-order valence-electron chi connectivity index (χ1n) is 22.2. The summed E-state index contributed by atoms with van der Waals surface area (Å²) in [4.78, 5) is 0. The average molecular weight is 796 g/mol. The molecule has 11 aromatic rings. The Morgan fingerprint density at radius 1 is 0.270 bits per heavy atom. The van der Waals surface area contributed by atoms with E-state index in [1.54, 1.807) is 0 Å². The topological polar surface area (TPSA) is 9.86 Å². The molecule has 0 fully saturated rings. The molecule has 2 aromatic heterocycles. The first-order valence-corrected chi connectivity index (χ1v) is 22.2. The maximum absolute atomic E-state index is 2.57. The van der Waals surface area contributed by atoms with Crippen molar-refractivity contribution in [3.63, 3.8) is 0 Å². The van der Waals surface area contributed by atoms with E-state index >= 15 is 0 Å². The Hall–Kier alpha value is -6.97. The van der Waals surface area contributed by atoms with Crippen LogP contribution in [0.15, 0.2) is 176 Å². The summed E-state index contributed by atoms with van der Waals surface area (Å²) >= 11 is 0. The molecule has 0 amide bonds. The SMILES string of the molecule is Bc1c(B)c(B)c2c(c1B)c1c(B)c(-c3ccc4c(c3)c3ccc(-c5ccccc5)cc3n4-c3cccc(-c4ccccc4)c3)c(B)c(B)c1n2-c1ccc(-c2ccccc2)cc1. The Balaban J connectivity index is 1.16. The minimum Gasteiger partial charge on any atom is -0.310 e. The predicted octanol–water partition coefficient (Wildman–Crippen LogP) is 2.36. The van der Waals surface area contributed by atoms with Gasteiger partial charge in [0, 0.05) is 38.6 Å². The van der Waals surface area contributed by atoms with Crippen LogP contribution in [0.4, 0.5) is 0 Å². The molecule has 63 heavy (non-hydrogen) atoms. The van der Waals surface area contributed by atoms with Crippen molar-refractivity contribution in [2.75, 3.05) is 0 Å². The lowest BCUT2D eigenvalue weighted by molar-refractivity contribution is 1.18. The summed E-state index contributed by atoms with van der Waals surface area (Å²) in [6.07, 6.45) is 0. The van der Waals surface area contributed by atoms with Crippen LogP contribution in [0.2, 0.25) is 0 Å². The van der Waals surface area contributed by atoms with Gasteiger partial charge in [0.2, 0.25) is 0 Å². The second kappa shape index (κ2) is 15.1. The van der Waals surface area contributed by atoms with Gasteiger partial charge >= 0.3 is 0 Å². The highest BCUT2D eigenvalue weighted by Crippen LogP contribution is 2.38. The molecule has 0 unspecified atom stereocenters. The normalized spacial score (nSPS) is 11.6. The third-order valence-electron chi connectivity index (χ3n) is 14.2. The summed E-state index contributed by atoms with van der Waals surface area (Å²) < 4.78 is 5.04. The molecule has 290 valence electrons. The fourth-order valence-electron chi connectivity index (χ4n) is 10.6. The monoisotopic (exact) mass is 796 g/mol. The molecule has 0 aliphatic carbocycles. The molecule has 9 heteroatoms. The van der Waals surface area contributed by atoms with Gasteiger partial charge in [0.25, 0.3) is 0 Å². The Kier molecular flexibility index (Phi) is 9.35. The first-order chi connectivity index (χ1) is 30.7. The maximum Gasteiger partial charge on any atom is 0.141 e. The van der Waals surface area contributed by atoms with Gasteiger partial charge in [-0.05, 0) is 92.4 Å². The molecule has 2 heterocycles. The van der Waals surface area contributed by atoms with Crippen LogP contribution in [0.5, 0.6) is 0 Å². The van der Waals surface area contributed by atoms with Gasteiger partial charge in [-0.1, -0.05) is 166 Å². The maximum atomic E-state index is 2.57. The summed E-state index contributed by atoms with van der Waals surface area (Å²) in [7, 11) is 16.3. The van der Waals surface area contributed by atoms with Crippen molar-refractivity contribution in [1.82, 2.24) is 9.13 Å². The van der Waals surface area contributed by atoms with Crippen LogP contribution in [0.1, 0.15) is 0 Å².